The molecule has 0 aliphatic heterocycles. The summed E-state index contributed by atoms with van der Waals surface area (Å²) in [6.07, 6.45) is 0.647. The Hall–Kier alpha value is -1.39. The van der Waals surface area contributed by atoms with Gasteiger partial charge in [-0.1, -0.05) is 0 Å². The highest BCUT2D eigenvalue weighted by Crippen LogP contribution is 1.76. The molecule has 0 fully saturated rings. The topological polar surface area (TPSA) is 63.1 Å². The van der Waals surface area contributed by atoms with E-state index in [1.807, 2.05) is 4.98 Å². The van der Waals surface area contributed by atoms with E-state index < -0.39 is 17.2 Å². The Kier molecular flexibility index (Phi) is 1.18. The fourth-order valence-electron chi connectivity index (χ4n) is 0.344. The van der Waals surface area contributed by atoms with E-state index >= 15 is 0 Å². The minimum absolute atomic E-state index is 0.647. The molecule has 1 rings (SSSR count). The minimum Gasteiger partial charge on any atom is -0.371 e. The quantitative estimate of drug-likeness (QED) is 0.514. The molecule has 0 aliphatic carbocycles. The molecule has 4 nitrogen and oxygen atoms in total. The Balaban J connectivity index is 3.52. The molecule has 0 unspecified atom stereocenters. The van der Waals surface area contributed by atoms with Gasteiger partial charge in [0.25, 0.3) is 0 Å². The van der Waals surface area contributed by atoms with Crippen LogP contribution in [0.5, 0.6) is 0 Å². The van der Waals surface area contributed by atoms with Gasteiger partial charge in [0, 0.05) is 0 Å². The van der Waals surface area contributed by atoms with E-state index in [1.165, 1.54) is 0 Å². The molecule has 0 saturated heterocycles. The monoisotopic (exact) mass is 131 g/mol. The zero-order valence-corrected chi connectivity index (χ0v) is 4.18. The van der Waals surface area contributed by atoms with Crippen molar-refractivity contribution < 1.29 is 8.81 Å². The van der Waals surface area contributed by atoms with Gasteiger partial charge in [-0.05, 0) is 0 Å². The van der Waals surface area contributed by atoms with Gasteiger partial charge in [-0.25, -0.2) is 9.59 Å². The summed E-state index contributed by atoms with van der Waals surface area (Å²) in [4.78, 5) is 22.0. The molecule has 0 amide bonds. The van der Waals surface area contributed by atoms with Gasteiger partial charge in [-0.2, -0.15) is 4.39 Å². The first kappa shape index (κ1) is 5.74. The summed E-state index contributed by atoms with van der Waals surface area (Å²) in [5.74, 6) is -2.06. The number of aromatic nitrogens is 1. The Labute approximate surface area is 47.9 Å². The lowest BCUT2D eigenvalue weighted by atomic mass is 10.7. The minimum atomic E-state index is -1.25. The average Bonchev–Trinajstić information content (AvgIpc) is 1.80. The normalized spacial score (nSPS) is 9.44. The van der Waals surface area contributed by atoms with Gasteiger partial charge in [0.2, 0.25) is 5.82 Å². The maximum Gasteiger partial charge on any atom is 0.419 e. The fraction of sp³-hybridized carbons (Fsp3) is 0. The van der Waals surface area contributed by atoms with Gasteiger partial charge in [0.1, 0.15) is 0 Å². The Morgan fingerprint density at radius 2 is 2.22 bits per heavy atom. The second-order valence-electron chi connectivity index (χ2n) is 1.31. The van der Waals surface area contributed by atoms with Crippen LogP contribution in [0.15, 0.2) is 20.2 Å². The molecule has 1 heterocycles. The van der Waals surface area contributed by atoms with Crippen LogP contribution in [-0.4, -0.2) is 4.98 Å². The standard InChI is InChI=1S/C4H2FNO3/c5-2-1-6-4(8)9-3(2)7/h1H,(H,6,8). The van der Waals surface area contributed by atoms with Crippen LogP contribution in [0, 0.1) is 5.82 Å². The molecule has 1 N–H and O–H groups in total. The van der Waals surface area contributed by atoms with Crippen LogP contribution < -0.4 is 11.4 Å². The molecule has 9 heavy (non-hydrogen) atoms. The van der Waals surface area contributed by atoms with Crippen molar-refractivity contribution in [3.8, 4) is 0 Å². The SMILES string of the molecule is O=c1[nH]cc(F)c(=O)o1. The summed E-state index contributed by atoms with van der Waals surface area (Å²) in [7, 11) is 0. The number of halogens is 1. The van der Waals surface area contributed by atoms with E-state index in [0.29, 0.717) is 6.20 Å². The van der Waals surface area contributed by atoms with Gasteiger partial charge in [0.05, 0.1) is 6.20 Å². The van der Waals surface area contributed by atoms with Crippen molar-refractivity contribution in [2.24, 2.45) is 0 Å². The first-order chi connectivity index (χ1) is 4.20. The second-order valence-corrected chi connectivity index (χ2v) is 1.31. The van der Waals surface area contributed by atoms with Crippen molar-refractivity contribution >= 4 is 0 Å². The van der Waals surface area contributed by atoms with Crippen molar-refractivity contribution in [3.63, 3.8) is 0 Å². The molecule has 0 atom stereocenters. The number of hydrogen-bond donors (Lipinski definition) is 1. The molecule has 1 aromatic heterocycles. The maximum atomic E-state index is 11.9. The van der Waals surface area contributed by atoms with E-state index in [4.69, 9.17) is 0 Å². The van der Waals surface area contributed by atoms with Crippen LogP contribution in [0.1, 0.15) is 0 Å². The highest BCUT2D eigenvalue weighted by molar-refractivity contribution is 4.79. The molecule has 0 aromatic carbocycles. The molecule has 1 aromatic rings. The molecule has 48 valence electrons. The van der Waals surface area contributed by atoms with Crippen LogP contribution >= 0.6 is 0 Å². The fourth-order valence-corrected chi connectivity index (χ4v) is 0.344. The lowest BCUT2D eigenvalue weighted by molar-refractivity contribution is 0.403. The van der Waals surface area contributed by atoms with Crippen molar-refractivity contribution in [2.45, 2.75) is 0 Å². The zero-order chi connectivity index (χ0) is 6.85. The average molecular weight is 131 g/mol. The molecule has 0 saturated carbocycles. The van der Waals surface area contributed by atoms with Crippen molar-refractivity contribution in [2.75, 3.05) is 0 Å². The van der Waals surface area contributed by atoms with Gasteiger partial charge >= 0.3 is 11.4 Å². The Morgan fingerprint density at radius 3 is 2.67 bits per heavy atom. The van der Waals surface area contributed by atoms with E-state index in [0.717, 1.165) is 0 Å². The van der Waals surface area contributed by atoms with Gasteiger partial charge in [-0.15, -0.1) is 0 Å². The van der Waals surface area contributed by atoms with Crippen LogP contribution in [0.25, 0.3) is 0 Å². The van der Waals surface area contributed by atoms with Gasteiger partial charge in [-0.3, -0.25) is 4.98 Å². The zero-order valence-electron chi connectivity index (χ0n) is 4.18. The summed E-state index contributed by atoms with van der Waals surface area (Å²) < 4.78 is 15.7. The number of nitrogens with one attached hydrogen (secondary N) is 1. The lowest BCUT2D eigenvalue weighted by Crippen LogP contribution is -2.15. The van der Waals surface area contributed by atoms with E-state index in [1.54, 1.807) is 0 Å². The van der Waals surface area contributed by atoms with Crippen LogP contribution in [0.4, 0.5) is 4.39 Å². The van der Waals surface area contributed by atoms with Gasteiger partial charge < -0.3 is 4.42 Å². The first-order valence-electron chi connectivity index (χ1n) is 2.08. The third-order valence-corrected chi connectivity index (χ3v) is 0.697. The van der Waals surface area contributed by atoms with E-state index in [9.17, 15) is 14.0 Å². The highest BCUT2D eigenvalue weighted by atomic mass is 19.1. The van der Waals surface area contributed by atoms with Crippen LogP contribution in [0.2, 0.25) is 0 Å². The molecule has 0 radical (unpaired) electrons. The van der Waals surface area contributed by atoms with Crippen molar-refractivity contribution in [3.05, 3.63) is 33.0 Å². The first-order valence-corrected chi connectivity index (χ1v) is 2.08. The van der Waals surface area contributed by atoms with E-state index in [-0.39, 0.29) is 0 Å². The molecular weight excluding hydrogens is 129 g/mol. The third-order valence-electron chi connectivity index (χ3n) is 0.697. The summed E-state index contributed by atoms with van der Waals surface area (Å²) in [6.45, 7) is 0. The van der Waals surface area contributed by atoms with Crippen LogP contribution in [-0.2, 0) is 0 Å². The number of rotatable bonds is 0. The highest BCUT2D eigenvalue weighted by Gasteiger charge is 1.96. The molecule has 0 aliphatic rings. The van der Waals surface area contributed by atoms with Crippen molar-refractivity contribution in [1.82, 2.24) is 4.98 Å². The molecular formula is C4H2FNO3. The second kappa shape index (κ2) is 1.85. The number of H-pyrrole nitrogens is 1. The van der Waals surface area contributed by atoms with Crippen molar-refractivity contribution in [1.29, 1.82) is 0 Å². The Morgan fingerprint density at radius 1 is 1.56 bits per heavy atom. The van der Waals surface area contributed by atoms with Crippen LogP contribution in [0.3, 0.4) is 0 Å². The summed E-state index contributed by atoms with van der Waals surface area (Å²) in [6, 6.07) is 0. The maximum absolute atomic E-state index is 11.9. The summed E-state index contributed by atoms with van der Waals surface area (Å²) in [5.41, 5.74) is -1.25. The lowest BCUT2D eigenvalue weighted by Gasteiger charge is -1.79. The predicted molar refractivity (Wildman–Crippen MR) is 25.6 cm³/mol. The summed E-state index contributed by atoms with van der Waals surface area (Å²) >= 11 is 0. The predicted octanol–water partition coefficient (Wildman–Crippen LogP) is -0.533. The van der Waals surface area contributed by atoms with Gasteiger partial charge in [0.15, 0.2) is 0 Å². The number of aromatic amines is 1. The largest absolute Gasteiger partial charge is 0.419 e. The smallest absolute Gasteiger partial charge is 0.371 e. The van der Waals surface area contributed by atoms with E-state index in [2.05, 4.69) is 4.42 Å². The third kappa shape index (κ3) is 1.04. The molecule has 5 heteroatoms. The molecule has 0 bridgehead atoms. The molecule has 0 spiro atoms. The number of hydrogen-bond acceptors (Lipinski definition) is 3. The Bertz CT molecular complexity index is 312. The summed E-state index contributed by atoms with van der Waals surface area (Å²) in [5, 5.41) is 0.